The number of aromatic amines is 1. The van der Waals surface area contributed by atoms with E-state index in [9.17, 15) is 4.79 Å². The zero-order chi connectivity index (χ0) is 26.2. The first-order valence-electron chi connectivity index (χ1n) is 12.5. The third-order valence-corrected chi connectivity index (χ3v) is 7.35. The van der Waals surface area contributed by atoms with Crippen molar-refractivity contribution in [3.8, 4) is 28.1 Å². The number of carbonyl (C=O) groups excluding carboxylic acids is 1. The molecule has 1 aliphatic heterocycles. The number of hydrogen-bond donors (Lipinski definition) is 1. The van der Waals surface area contributed by atoms with Crippen LogP contribution in [0, 0.1) is 20.8 Å². The lowest BCUT2D eigenvalue weighted by Gasteiger charge is -2.26. The van der Waals surface area contributed by atoms with Crippen molar-refractivity contribution >= 4 is 27.8 Å². The molecule has 0 aliphatic carbocycles. The van der Waals surface area contributed by atoms with Gasteiger partial charge in [0.15, 0.2) is 0 Å². The summed E-state index contributed by atoms with van der Waals surface area (Å²) in [7, 11) is 3.52. The van der Waals surface area contributed by atoms with Gasteiger partial charge in [-0.3, -0.25) is 4.79 Å². The van der Waals surface area contributed by atoms with Crippen molar-refractivity contribution in [2.75, 3.05) is 20.7 Å². The minimum atomic E-state index is 0.0334. The van der Waals surface area contributed by atoms with Crippen molar-refractivity contribution in [2.24, 2.45) is 0 Å². The Morgan fingerprint density at radius 3 is 2.54 bits per heavy atom. The molecule has 5 heterocycles. The van der Waals surface area contributed by atoms with Gasteiger partial charge < -0.3 is 23.7 Å². The summed E-state index contributed by atoms with van der Waals surface area (Å²) in [5, 5.41) is 6.00. The first kappa shape index (κ1) is 23.3. The molecule has 0 saturated carbocycles. The monoisotopic (exact) mass is 498 g/mol. The van der Waals surface area contributed by atoms with Gasteiger partial charge in [-0.05, 0) is 44.9 Å². The van der Waals surface area contributed by atoms with E-state index in [-0.39, 0.29) is 11.8 Å². The lowest BCUT2D eigenvalue weighted by atomic mass is 9.98. The molecule has 1 N–H and O–H groups in total. The highest BCUT2D eigenvalue weighted by Gasteiger charge is 2.30. The Morgan fingerprint density at radius 1 is 1.08 bits per heavy atom. The van der Waals surface area contributed by atoms with Crippen molar-refractivity contribution in [3.05, 3.63) is 46.9 Å². The van der Waals surface area contributed by atoms with Crippen molar-refractivity contribution in [1.82, 2.24) is 29.6 Å². The summed E-state index contributed by atoms with van der Waals surface area (Å²) in [6, 6.07) is 6.10. The first-order valence-corrected chi connectivity index (χ1v) is 12.5. The van der Waals surface area contributed by atoms with Crippen LogP contribution in [0.4, 0.5) is 0 Å². The summed E-state index contributed by atoms with van der Waals surface area (Å²) in [6.07, 6.45) is 0. The number of nitrogens with zero attached hydrogens (tertiary/aromatic N) is 5. The maximum absolute atomic E-state index is 13.1. The van der Waals surface area contributed by atoms with E-state index in [1.165, 1.54) is 0 Å². The summed E-state index contributed by atoms with van der Waals surface area (Å²) in [6.45, 7) is 11.5. The quantitative estimate of drug-likeness (QED) is 0.357. The van der Waals surface area contributed by atoms with E-state index >= 15 is 0 Å². The van der Waals surface area contributed by atoms with E-state index in [4.69, 9.17) is 19.2 Å². The SMILES string of the molecule is COc1cc2c(cc1-c1c(C)noc1C)[nH]c1nc(C)nc(-c3cc4n(c3C(C)C)CCN(C)C4=O)c12. The predicted molar refractivity (Wildman–Crippen MR) is 142 cm³/mol. The molecule has 1 aliphatic rings. The van der Waals surface area contributed by atoms with Crippen LogP contribution >= 0.6 is 0 Å². The largest absolute Gasteiger partial charge is 0.496 e. The van der Waals surface area contributed by atoms with Gasteiger partial charge in [-0.25, -0.2) is 9.97 Å². The number of rotatable bonds is 4. The summed E-state index contributed by atoms with van der Waals surface area (Å²) >= 11 is 0. The average Bonchev–Trinajstić information content (AvgIpc) is 3.52. The maximum atomic E-state index is 13.1. The number of fused-ring (bicyclic) bond motifs is 4. The molecule has 9 heteroatoms. The Balaban J connectivity index is 1.67. The number of carbonyl (C=O) groups is 1. The topological polar surface area (TPSA) is 102 Å². The molecule has 0 fully saturated rings. The lowest BCUT2D eigenvalue weighted by molar-refractivity contribution is 0.0747. The van der Waals surface area contributed by atoms with Gasteiger partial charge in [0, 0.05) is 47.9 Å². The molecule has 0 spiro atoms. The number of nitrogens with one attached hydrogen (secondary N) is 1. The molecule has 5 aromatic rings. The van der Waals surface area contributed by atoms with E-state index < -0.39 is 0 Å². The number of benzene rings is 1. The van der Waals surface area contributed by atoms with Crippen molar-refractivity contribution in [2.45, 2.75) is 47.1 Å². The molecule has 0 unspecified atom stereocenters. The van der Waals surface area contributed by atoms with Crippen LogP contribution in [0.25, 0.3) is 44.3 Å². The fourth-order valence-electron chi connectivity index (χ4n) is 5.70. The fraction of sp³-hybridized carbons (Fsp3) is 0.357. The average molecular weight is 499 g/mol. The van der Waals surface area contributed by atoms with Crippen molar-refractivity contribution < 1.29 is 14.1 Å². The van der Waals surface area contributed by atoms with Gasteiger partial charge in [-0.1, -0.05) is 19.0 Å². The van der Waals surface area contributed by atoms with Gasteiger partial charge in [0.05, 0.1) is 29.4 Å². The second-order valence-electron chi connectivity index (χ2n) is 10.1. The molecule has 9 nitrogen and oxygen atoms in total. The lowest BCUT2D eigenvalue weighted by Crippen LogP contribution is -2.37. The molecular formula is C28H30N6O3. The number of H-pyrrole nitrogens is 1. The number of ether oxygens (including phenoxy) is 1. The number of aromatic nitrogens is 5. The summed E-state index contributed by atoms with van der Waals surface area (Å²) in [5.74, 6) is 2.35. The van der Waals surface area contributed by atoms with Gasteiger partial charge in [-0.2, -0.15) is 0 Å². The van der Waals surface area contributed by atoms with E-state index in [0.717, 1.165) is 68.0 Å². The van der Waals surface area contributed by atoms with Crippen molar-refractivity contribution in [3.63, 3.8) is 0 Å². The van der Waals surface area contributed by atoms with Crippen molar-refractivity contribution in [1.29, 1.82) is 0 Å². The Hall–Kier alpha value is -4.14. The van der Waals surface area contributed by atoms with Gasteiger partial charge in [0.1, 0.15) is 28.7 Å². The number of amides is 1. The van der Waals surface area contributed by atoms with E-state index in [0.29, 0.717) is 23.8 Å². The van der Waals surface area contributed by atoms with Crippen LogP contribution in [0.3, 0.4) is 0 Å². The van der Waals surface area contributed by atoms with Crippen LogP contribution in [0.2, 0.25) is 0 Å². The smallest absolute Gasteiger partial charge is 0.270 e. The third kappa shape index (κ3) is 3.37. The van der Waals surface area contributed by atoms with Gasteiger partial charge in [0.25, 0.3) is 5.91 Å². The van der Waals surface area contributed by atoms with Crippen LogP contribution in [-0.4, -0.2) is 56.2 Å². The Morgan fingerprint density at radius 2 is 1.86 bits per heavy atom. The molecule has 37 heavy (non-hydrogen) atoms. The minimum absolute atomic E-state index is 0.0334. The standard InChI is InChI=1S/C28H30N6O3/c1-13(2)26-19(11-21-28(35)33(6)8-9-34(21)26)25-24-17-12-22(36-7)18(23-14(3)32-37-15(23)4)10-20(17)31-27(24)30-16(5)29-25/h10-13H,8-9H2,1-7H3,(H,29,30,31). The fourth-order valence-corrected chi connectivity index (χ4v) is 5.70. The van der Waals surface area contributed by atoms with Crippen LogP contribution in [0.1, 0.15) is 53.2 Å². The maximum Gasteiger partial charge on any atom is 0.270 e. The zero-order valence-corrected chi connectivity index (χ0v) is 22.2. The second-order valence-corrected chi connectivity index (χ2v) is 10.1. The Bertz CT molecular complexity index is 1700. The molecule has 190 valence electrons. The molecule has 1 amide bonds. The Labute approximate surface area is 214 Å². The number of aryl methyl sites for hydroxylation is 3. The summed E-state index contributed by atoms with van der Waals surface area (Å²) in [4.78, 5) is 28.0. The molecule has 0 atom stereocenters. The molecule has 1 aromatic carbocycles. The summed E-state index contributed by atoms with van der Waals surface area (Å²) < 4.78 is 13.4. The molecule has 0 saturated heterocycles. The highest BCUT2D eigenvalue weighted by molar-refractivity contribution is 6.14. The number of likely N-dealkylation sites (N-methyl/N-ethyl adjacent to an activating group) is 1. The van der Waals surface area contributed by atoms with E-state index in [1.807, 2.05) is 40.0 Å². The zero-order valence-electron chi connectivity index (χ0n) is 22.2. The minimum Gasteiger partial charge on any atom is -0.496 e. The predicted octanol–water partition coefficient (Wildman–Crippen LogP) is 5.38. The van der Waals surface area contributed by atoms with Crippen LogP contribution in [-0.2, 0) is 6.54 Å². The van der Waals surface area contributed by atoms with Gasteiger partial charge >= 0.3 is 0 Å². The molecule has 0 radical (unpaired) electrons. The van der Waals surface area contributed by atoms with Crippen LogP contribution in [0.15, 0.2) is 22.7 Å². The molecular weight excluding hydrogens is 468 g/mol. The molecule has 6 rings (SSSR count). The normalized spacial score (nSPS) is 13.8. The van der Waals surface area contributed by atoms with E-state index in [1.54, 1.807) is 12.0 Å². The molecule has 0 bridgehead atoms. The van der Waals surface area contributed by atoms with E-state index in [2.05, 4.69) is 34.6 Å². The van der Waals surface area contributed by atoms with Crippen LogP contribution in [0.5, 0.6) is 5.75 Å². The third-order valence-electron chi connectivity index (χ3n) is 7.35. The number of hydrogen-bond acceptors (Lipinski definition) is 6. The number of methoxy groups -OCH3 is 1. The van der Waals surface area contributed by atoms with Gasteiger partial charge in [0.2, 0.25) is 0 Å². The highest BCUT2D eigenvalue weighted by Crippen LogP contribution is 2.43. The first-order chi connectivity index (χ1) is 17.7. The van der Waals surface area contributed by atoms with Crippen LogP contribution < -0.4 is 4.74 Å². The second kappa shape index (κ2) is 8.19. The summed E-state index contributed by atoms with van der Waals surface area (Å²) in [5.41, 5.74) is 7.90. The Kier molecular flexibility index (Phi) is 5.15. The molecule has 4 aromatic heterocycles. The highest BCUT2D eigenvalue weighted by atomic mass is 16.5. The van der Waals surface area contributed by atoms with Gasteiger partial charge in [-0.15, -0.1) is 0 Å².